The maximum atomic E-state index is 6.25. The number of aryl methyl sites for hydroxylation is 4. The number of nitrogens with zero attached hydrogens (tertiary/aromatic N) is 10. The minimum absolute atomic E-state index is 0. The summed E-state index contributed by atoms with van der Waals surface area (Å²) in [5, 5.41) is 12.5. The summed E-state index contributed by atoms with van der Waals surface area (Å²) < 4.78 is 8.14. The summed E-state index contributed by atoms with van der Waals surface area (Å²) in [6, 6.07) is 25.4. The number of aromatic nitrogens is 8. The summed E-state index contributed by atoms with van der Waals surface area (Å²) in [4.78, 5) is 21.4. The van der Waals surface area contributed by atoms with Gasteiger partial charge in [-0.3, -0.25) is 0 Å². The Morgan fingerprint density at radius 3 is 0.754 bits per heavy atom. The zero-order chi connectivity index (χ0) is 39.3. The number of hydrogen-bond donors (Lipinski definition) is 0. The Kier molecular flexibility index (Phi) is 11.7. The fraction of sp³-hybridized carbons (Fsp3) is 0.0870. The topological polar surface area (TPSA) is 117 Å². The molecule has 0 aromatic carbocycles. The van der Waals surface area contributed by atoms with Gasteiger partial charge in [-0.05, 0) is 68.8 Å². The summed E-state index contributed by atoms with van der Waals surface area (Å²) in [5.41, 5.74) is 14.7. The average molecular weight is 788 g/mol. The van der Waals surface area contributed by atoms with Gasteiger partial charge >= 0.3 is 16.8 Å². The van der Waals surface area contributed by atoms with E-state index in [0.717, 1.165) is 89.4 Å². The molecule has 0 aliphatic carbocycles. The third kappa shape index (κ3) is 7.79. The molecule has 7 aromatic rings. The summed E-state index contributed by atoms with van der Waals surface area (Å²) in [5.74, 6) is 0. The van der Waals surface area contributed by atoms with Gasteiger partial charge in [0.25, 0.3) is 0 Å². The maximum absolute atomic E-state index is 6.25. The molecule has 0 saturated carbocycles. The normalized spacial score (nSPS) is 11.1. The third-order valence-electron chi connectivity index (χ3n) is 9.68. The molecule has 10 nitrogen and oxygen atoms in total. The number of hydrogen-bond acceptors (Lipinski definition) is 4. The van der Waals surface area contributed by atoms with Crippen molar-refractivity contribution < 1.29 is 35.0 Å². The van der Waals surface area contributed by atoms with Gasteiger partial charge in [0, 0.05) is 48.5 Å². The Morgan fingerprint density at radius 2 is 0.561 bits per heavy atom. The first-order chi connectivity index (χ1) is 27.4. The molecule has 0 spiro atoms. The third-order valence-corrected chi connectivity index (χ3v) is 9.68. The van der Waals surface area contributed by atoms with E-state index >= 15 is 0 Å². The molecule has 2 aliphatic rings. The van der Waals surface area contributed by atoms with Crippen molar-refractivity contribution >= 4 is 46.4 Å². The maximum Gasteiger partial charge on any atom is 3.00 e. The van der Waals surface area contributed by atoms with Gasteiger partial charge in [-0.25, -0.2) is 28.2 Å². The molecule has 9 rings (SSSR count). The molecule has 57 heavy (non-hydrogen) atoms. The van der Waals surface area contributed by atoms with Gasteiger partial charge in [0.05, 0.1) is 22.8 Å². The van der Waals surface area contributed by atoms with Gasteiger partial charge in [-0.1, -0.05) is 24.3 Å². The van der Waals surface area contributed by atoms with Gasteiger partial charge in [-0.2, -0.15) is 0 Å². The van der Waals surface area contributed by atoms with E-state index in [-0.39, 0.29) is 16.8 Å². The van der Waals surface area contributed by atoms with Crippen LogP contribution in [0.2, 0.25) is 0 Å². The Hall–Kier alpha value is -7.31. The van der Waals surface area contributed by atoms with Crippen molar-refractivity contribution in [2.24, 2.45) is 28.2 Å². The number of rotatable bonds is 4. The van der Waals surface area contributed by atoms with Gasteiger partial charge in [0.2, 0.25) is 0 Å². The zero-order valence-electron chi connectivity index (χ0n) is 31.7. The van der Waals surface area contributed by atoms with Crippen LogP contribution in [0.25, 0.3) is 90.9 Å². The molecule has 0 radical (unpaired) electrons. The van der Waals surface area contributed by atoms with E-state index in [1.54, 1.807) is 0 Å². The molecule has 9 heterocycles. The van der Waals surface area contributed by atoms with E-state index < -0.39 is 0 Å². The second kappa shape index (κ2) is 17.0. The fourth-order valence-electron chi connectivity index (χ4n) is 6.94. The first-order valence-electron chi connectivity index (χ1n) is 17.7. The van der Waals surface area contributed by atoms with E-state index in [4.69, 9.17) is 43.6 Å². The van der Waals surface area contributed by atoms with Gasteiger partial charge in [0.15, 0.2) is 49.6 Å². The molecule has 0 atom stereocenters. The summed E-state index contributed by atoms with van der Waals surface area (Å²) in [6.45, 7) is 9.50. The molecular formula is C46H36CoN10+3. The molecule has 0 saturated heterocycles. The van der Waals surface area contributed by atoms with Gasteiger partial charge in [0.1, 0.15) is 28.2 Å². The zero-order valence-corrected chi connectivity index (χ0v) is 32.7. The van der Waals surface area contributed by atoms with Crippen LogP contribution in [-0.4, -0.2) is 9.97 Å². The van der Waals surface area contributed by atoms with Crippen LogP contribution in [0.1, 0.15) is 22.8 Å². The van der Waals surface area contributed by atoms with E-state index in [1.807, 2.05) is 46.5 Å². The first-order valence-corrected chi connectivity index (χ1v) is 17.7. The van der Waals surface area contributed by atoms with Crippen molar-refractivity contribution in [3.8, 4) is 44.5 Å². The van der Waals surface area contributed by atoms with Crippen LogP contribution in [0, 0.1) is 23.7 Å². The smallest absolute Gasteiger partial charge is 0.657 e. The quantitative estimate of drug-likeness (QED) is 0.158. The van der Waals surface area contributed by atoms with E-state index in [2.05, 4.69) is 147 Å². The van der Waals surface area contributed by atoms with Crippen LogP contribution in [0.3, 0.4) is 0 Å². The van der Waals surface area contributed by atoms with Gasteiger partial charge < -0.3 is 33.6 Å². The second-order valence-corrected chi connectivity index (χ2v) is 13.4. The van der Waals surface area contributed by atoms with Crippen LogP contribution < -0.4 is 28.2 Å². The van der Waals surface area contributed by atoms with Crippen LogP contribution in [0.15, 0.2) is 122 Å². The molecular weight excluding hydrogens is 752 g/mol. The minimum Gasteiger partial charge on any atom is -0.657 e. The average Bonchev–Trinajstić information content (AvgIpc) is 4.07. The number of pyridine rings is 4. The predicted octanol–water partition coefficient (Wildman–Crippen LogP) is 6.07. The fourth-order valence-corrected chi connectivity index (χ4v) is 6.94. The Morgan fingerprint density at radius 1 is 0.368 bits per heavy atom. The SMILES string of the molecule is C[n+]1ccc(-c2c3nc(c(-c4cc[n+](C)cc4)c4ccc([n-]4)c(-c4cc[n+](C)cc4)c4nc(c(-c5cc[n+](C)cc5)c5ccc2[n-]5)C=C4)C=C3)cc1.[C-]#N.[C-]#N.[Co+3]. The Bertz CT molecular complexity index is 2470. The van der Waals surface area contributed by atoms with Crippen molar-refractivity contribution in [2.75, 3.05) is 0 Å². The van der Waals surface area contributed by atoms with Crippen molar-refractivity contribution in [2.45, 2.75) is 0 Å². The van der Waals surface area contributed by atoms with Crippen molar-refractivity contribution in [3.63, 3.8) is 0 Å². The molecule has 0 unspecified atom stereocenters. The minimum atomic E-state index is 0. The second-order valence-electron chi connectivity index (χ2n) is 13.4. The van der Waals surface area contributed by atoms with Crippen LogP contribution >= 0.6 is 0 Å². The Labute approximate surface area is 341 Å². The molecule has 0 fully saturated rings. The molecule has 8 bridgehead atoms. The van der Waals surface area contributed by atoms with Crippen LogP contribution in [0.4, 0.5) is 0 Å². The molecule has 2 aliphatic heterocycles. The summed E-state index contributed by atoms with van der Waals surface area (Å²) in [7, 11) is 8.10. The largest absolute Gasteiger partial charge is 3.00 e. The Balaban J connectivity index is 0.00000107. The molecule has 276 valence electrons. The van der Waals surface area contributed by atoms with Gasteiger partial charge in [-0.15, -0.1) is 22.1 Å². The van der Waals surface area contributed by atoms with E-state index in [0.29, 0.717) is 0 Å². The molecule has 0 N–H and O–H groups in total. The standard InChI is InChI=1S/C44H36N8.2CN.Co/c1-49-21-13-29(14-22-49)41-33-5-7-35(45-33)42(30-15-23-50(2)24-16-30)37-9-11-39(47-37)44(32-19-27-52(4)28-20-32)40-12-10-38(48-40)43(36-8-6-34(41)46-36)31-17-25-51(3)26-18-31;2*1-2;/h5-28H,1-4H3;;;/q+2;2*-1;+3. The molecule has 11 heteroatoms. The predicted molar refractivity (Wildman–Crippen MR) is 213 cm³/mol. The van der Waals surface area contributed by atoms with Crippen molar-refractivity contribution in [1.29, 1.82) is 10.5 Å². The summed E-state index contributed by atoms with van der Waals surface area (Å²) >= 11 is 0. The first kappa shape index (κ1) is 39.4. The molecule has 7 aromatic heterocycles. The van der Waals surface area contributed by atoms with Crippen LogP contribution in [-0.2, 0) is 45.0 Å². The monoisotopic (exact) mass is 787 g/mol. The molecule has 0 amide bonds. The van der Waals surface area contributed by atoms with E-state index in [1.165, 1.54) is 0 Å². The van der Waals surface area contributed by atoms with Crippen molar-refractivity contribution in [1.82, 2.24) is 19.9 Å². The van der Waals surface area contributed by atoms with E-state index in [9.17, 15) is 0 Å². The number of fused-ring (bicyclic) bond motifs is 8. The van der Waals surface area contributed by atoms with Crippen molar-refractivity contribution in [3.05, 3.63) is 158 Å². The van der Waals surface area contributed by atoms with Crippen LogP contribution in [0.5, 0.6) is 0 Å². The summed E-state index contributed by atoms with van der Waals surface area (Å²) in [6.07, 6.45) is 24.9.